The lowest BCUT2D eigenvalue weighted by Gasteiger charge is -2.09. The zero-order valence-corrected chi connectivity index (χ0v) is 8.15. The molecule has 0 amide bonds. The minimum Gasteiger partial charge on any atom is -0.387 e. The molecule has 0 aliphatic rings. The molecule has 0 fully saturated rings. The Balaban J connectivity index is 2.93. The van der Waals surface area contributed by atoms with Crippen LogP contribution in [0.5, 0.6) is 0 Å². The minimum absolute atomic E-state index is 0.278. The second kappa shape index (κ2) is 4.04. The molecule has 0 spiro atoms. The van der Waals surface area contributed by atoms with Gasteiger partial charge >= 0.3 is 0 Å². The van der Waals surface area contributed by atoms with Crippen molar-refractivity contribution in [3.8, 4) is 0 Å². The lowest BCUT2D eigenvalue weighted by atomic mass is 10.1. The molecule has 60 valence electrons. The van der Waals surface area contributed by atoms with E-state index in [0.717, 1.165) is 9.13 Å². The number of hydrogen-bond acceptors (Lipinski definition) is 2. The van der Waals surface area contributed by atoms with E-state index in [-0.39, 0.29) is 6.54 Å². The van der Waals surface area contributed by atoms with Crippen molar-refractivity contribution in [2.24, 2.45) is 5.73 Å². The first-order valence-electron chi connectivity index (χ1n) is 3.38. The molecule has 0 aliphatic heterocycles. The van der Waals surface area contributed by atoms with E-state index in [1.165, 1.54) is 0 Å². The predicted octanol–water partition coefficient (Wildman–Crippen LogP) is 1.28. The highest BCUT2D eigenvalue weighted by Crippen LogP contribution is 2.18. The average molecular weight is 263 g/mol. The number of halogens is 1. The topological polar surface area (TPSA) is 46.2 Å². The van der Waals surface area contributed by atoms with Crippen LogP contribution in [0.2, 0.25) is 0 Å². The quantitative estimate of drug-likeness (QED) is 0.789. The van der Waals surface area contributed by atoms with Gasteiger partial charge in [-0.25, -0.2) is 0 Å². The summed E-state index contributed by atoms with van der Waals surface area (Å²) in [4.78, 5) is 0. The molecule has 0 heterocycles. The summed E-state index contributed by atoms with van der Waals surface area (Å²) >= 11 is 2.18. The van der Waals surface area contributed by atoms with Crippen LogP contribution in [0.25, 0.3) is 0 Å². The van der Waals surface area contributed by atoms with Crippen LogP contribution in [-0.4, -0.2) is 11.7 Å². The van der Waals surface area contributed by atoms with Crippen LogP contribution in [0.15, 0.2) is 24.3 Å². The Morgan fingerprint density at radius 3 is 2.64 bits per heavy atom. The second-order valence-corrected chi connectivity index (χ2v) is 3.44. The Bertz CT molecular complexity index is 239. The Morgan fingerprint density at radius 1 is 1.45 bits per heavy atom. The molecule has 0 unspecified atom stereocenters. The first-order chi connectivity index (χ1) is 5.25. The van der Waals surface area contributed by atoms with E-state index < -0.39 is 6.10 Å². The van der Waals surface area contributed by atoms with Crippen LogP contribution in [0.1, 0.15) is 11.7 Å². The Hall–Kier alpha value is -0.130. The van der Waals surface area contributed by atoms with Gasteiger partial charge < -0.3 is 10.8 Å². The highest BCUT2D eigenvalue weighted by molar-refractivity contribution is 14.1. The SMILES string of the molecule is NC[C@@H](O)c1ccccc1I. The Morgan fingerprint density at radius 2 is 2.09 bits per heavy atom. The molecule has 1 aromatic rings. The van der Waals surface area contributed by atoms with Gasteiger partial charge in [0.05, 0.1) is 6.10 Å². The standard InChI is InChI=1S/C8H10INO/c9-7-4-2-1-3-6(7)8(11)5-10/h1-4,8,11H,5,10H2/t8-/m1/s1. The molecule has 2 nitrogen and oxygen atoms in total. The van der Waals surface area contributed by atoms with E-state index in [9.17, 15) is 5.11 Å². The van der Waals surface area contributed by atoms with Gasteiger partial charge in [-0.15, -0.1) is 0 Å². The third-order valence-corrected chi connectivity index (χ3v) is 2.47. The Kier molecular flexibility index (Phi) is 3.29. The van der Waals surface area contributed by atoms with Gasteiger partial charge in [0.25, 0.3) is 0 Å². The molecule has 0 aliphatic carbocycles. The highest BCUT2D eigenvalue weighted by atomic mass is 127. The summed E-state index contributed by atoms with van der Waals surface area (Å²) in [5.74, 6) is 0. The molecule has 0 aromatic heterocycles. The summed E-state index contributed by atoms with van der Waals surface area (Å²) in [6, 6.07) is 7.68. The van der Waals surface area contributed by atoms with Gasteiger partial charge in [0.2, 0.25) is 0 Å². The van der Waals surface area contributed by atoms with Gasteiger partial charge in [0, 0.05) is 10.1 Å². The molecule has 11 heavy (non-hydrogen) atoms. The van der Waals surface area contributed by atoms with Gasteiger partial charge in [-0.3, -0.25) is 0 Å². The van der Waals surface area contributed by atoms with Crippen LogP contribution in [0.4, 0.5) is 0 Å². The second-order valence-electron chi connectivity index (χ2n) is 2.27. The van der Waals surface area contributed by atoms with Crippen molar-refractivity contribution >= 4 is 22.6 Å². The summed E-state index contributed by atoms with van der Waals surface area (Å²) in [5, 5.41) is 9.38. The normalized spacial score (nSPS) is 13.0. The predicted molar refractivity (Wildman–Crippen MR) is 53.2 cm³/mol. The molecular formula is C8H10INO. The fourth-order valence-electron chi connectivity index (χ4n) is 0.872. The first kappa shape index (κ1) is 8.96. The number of benzene rings is 1. The third kappa shape index (κ3) is 2.15. The maximum absolute atomic E-state index is 9.38. The van der Waals surface area contributed by atoms with Crippen molar-refractivity contribution in [3.63, 3.8) is 0 Å². The van der Waals surface area contributed by atoms with E-state index in [1.54, 1.807) is 0 Å². The summed E-state index contributed by atoms with van der Waals surface area (Å²) in [5.41, 5.74) is 6.23. The summed E-state index contributed by atoms with van der Waals surface area (Å²) in [7, 11) is 0. The van der Waals surface area contributed by atoms with E-state index in [2.05, 4.69) is 22.6 Å². The van der Waals surface area contributed by atoms with Gasteiger partial charge in [-0.2, -0.15) is 0 Å². The van der Waals surface area contributed by atoms with E-state index in [4.69, 9.17) is 5.73 Å². The molecule has 0 saturated heterocycles. The number of nitrogens with two attached hydrogens (primary N) is 1. The van der Waals surface area contributed by atoms with E-state index in [0.29, 0.717) is 0 Å². The number of aliphatic hydroxyl groups excluding tert-OH is 1. The van der Waals surface area contributed by atoms with Gasteiger partial charge in [-0.05, 0) is 34.2 Å². The lowest BCUT2D eigenvalue weighted by Crippen LogP contribution is -2.12. The summed E-state index contributed by atoms with van der Waals surface area (Å²) in [6.45, 7) is 0.278. The zero-order chi connectivity index (χ0) is 8.27. The summed E-state index contributed by atoms with van der Waals surface area (Å²) < 4.78 is 1.06. The maximum atomic E-state index is 9.38. The van der Waals surface area contributed by atoms with Gasteiger partial charge in [0.15, 0.2) is 0 Å². The van der Waals surface area contributed by atoms with Crippen LogP contribution < -0.4 is 5.73 Å². The van der Waals surface area contributed by atoms with Crippen molar-refractivity contribution in [2.75, 3.05) is 6.54 Å². The first-order valence-corrected chi connectivity index (χ1v) is 4.46. The van der Waals surface area contributed by atoms with E-state index in [1.807, 2.05) is 24.3 Å². The van der Waals surface area contributed by atoms with Crippen LogP contribution in [-0.2, 0) is 0 Å². The Labute approximate surface area is 79.6 Å². The molecular weight excluding hydrogens is 253 g/mol. The van der Waals surface area contributed by atoms with Crippen molar-refractivity contribution in [2.45, 2.75) is 6.10 Å². The van der Waals surface area contributed by atoms with Crippen LogP contribution in [0.3, 0.4) is 0 Å². The van der Waals surface area contributed by atoms with Crippen molar-refractivity contribution in [1.82, 2.24) is 0 Å². The third-order valence-electron chi connectivity index (χ3n) is 1.49. The van der Waals surface area contributed by atoms with Gasteiger partial charge in [-0.1, -0.05) is 18.2 Å². The highest BCUT2D eigenvalue weighted by Gasteiger charge is 2.06. The van der Waals surface area contributed by atoms with Crippen molar-refractivity contribution < 1.29 is 5.11 Å². The van der Waals surface area contributed by atoms with E-state index >= 15 is 0 Å². The molecule has 0 radical (unpaired) electrons. The molecule has 1 rings (SSSR count). The lowest BCUT2D eigenvalue weighted by molar-refractivity contribution is 0.186. The number of rotatable bonds is 2. The smallest absolute Gasteiger partial charge is 0.0922 e. The molecule has 1 aromatic carbocycles. The largest absolute Gasteiger partial charge is 0.387 e. The monoisotopic (exact) mass is 263 g/mol. The molecule has 0 saturated carbocycles. The fourth-order valence-corrected chi connectivity index (χ4v) is 1.62. The van der Waals surface area contributed by atoms with Gasteiger partial charge in [0.1, 0.15) is 0 Å². The molecule has 0 bridgehead atoms. The number of aliphatic hydroxyl groups is 1. The van der Waals surface area contributed by atoms with Crippen molar-refractivity contribution in [1.29, 1.82) is 0 Å². The maximum Gasteiger partial charge on any atom is 0.0922 e. The molecule has 3 heteroatoms. The van der Waals surface area contributed by atoms with Crippen molar-refractivity contribution in [3.05, 3.63) is 33.4 Å². The summed E-state index contributed by atoms with van der Waals surface area (Å²) in [6.07, 6.45) is -0.525. The zero-order valence-electron chi connectivity index (χ0n) is 6.00. The number of hydrogen-bond donors (Lipinski definition) is 2. The van der Waals surface area contributed by atoms with Crippen LogP contribution in [0, 0.1) is 3.57 Å². The molecule has 3 N–H and O–H groups in total. The molecule has 1 atom stereocenters. The fraction of sp³-hybridized carbons (Fsp3) is 0.250. The average Bonchev–Trinajstić information content (AvgIpc) is 2.04. The minimum atomic E-state index is -0.525. The van der Waals surface area contributed by atoms with Crippen LogP contribution >= 0.6 is 22.6 Å².